The summed E-state index contributed by atoms with van der Waals surface area (Å²) in [5, 5.41) is 0.726. The lowest BCUT2D eigenvalue weighted by Gasteiger charge is -2.23. The van der Waals surface area contributed by atoms with Gasteiger partial charge in [0.2, 0.25) is 5.91 Å². The van der Waals surface area contributed by atoms with Gasteiger partial charge in [-0.25, -0.2) is 9.37 Å². The molecule has 0 aliphatic carbocycles. The molecule has 1 saturated heterocycles. The number of rotatable bonds is 7. The van der Waals surface area contributed by atoms with Crippen LogP contribution in [-0.4, -0.2) is 35.9 Å². The highest BCUT2D eigenvalue weighted by atomic mass is 32.2. The molecule has 0 bridgehead atoms. The smallest absolute Gasteiger partial charge is 0.238 e. The van der Waals surface area contributed by atoms with Gasteiger partial charge >= 0.3 is 0 Å². The van der Waals surface area contributed by atoms with Gasteiger partial charge in [-0.1, -0.05) is 35.6 Å². The van der Waals surface area contributed by atoms with E-state index in [1.807, 2.05) is 24.3 Å². The number of carbonyl (C=O) groups excluding carboxylic acids is 1. The SMILES string of the molecule is O=C(CSCc1ccc(F)cc1)N(C[C@@H]1CCCO1)c1nc2ccccc2s1. The number of carbonyl (C=O) groups is 1. The third-order valence-corrected chi connectivity index (χ3v) is 6.68. The first-order valence-corrected chi connectivity index (χ1v) is 11.3. The van der Waals surface area contributed by atoms with Crippen LogP contribution in [0.2, 0.25) is 0 Å². The minimum Gasteiger partial charge on any atom is -0.376 e. The Labute approximate surface area is 171 Å². The van der Waals surface area contributed by atoms with E-state index in [0.717, 1.165) is 40.4 Å². The van der Waals surface area contributed by atoms with Crippen LogP contribution in [0.5, 0.6) is 0 Å². The molecule has 3 aromatic rings. The molecule has 1 amide bonds. The fourth-order valence-corrected chi connectivity index (χ4v) is 5.02. The maximum Gasteiger partial charge on any atom is 0.238 e. The van der Waals surface area contributed by atoms with E-state index in [0.29, 0.717) is 18.1 Å². The van der Waals surface area contributed by atoms with Crippen molar-refractivity contribution in [3.8, 4) is 0 Å². The van der Waals surface area contributed by atoms with Crippen molar-refractivity contribution in [1.82, 2.24) is 4.98 Å². The summed E-state index contributed by atoms with van der Waals surface area (Å²) >= 11 is 3.07. The number of benzene rings is 2. The molecule has 0 unspecified atom stereocenters. The summed E-state index contributed by atoms with van der Waals surface area (Å²) < 4.78 is 19.9. The number of hydrogen-bond donors (Lipinski definition) is 0. The molecule has 0 N–H and O–H groups in total. The Morgan fingerprint density at radius 1 is 1.25 bits per heavy atom. The van der Waals surface area contributed by atoms with Crippen molar-refractivity contribution < 1.29 is 13.9 Å². The second kappa shape index (κ2) is 9.03. The molecule has 1 fully saturated rings. The molecule has 4 rings (SSSR count). The molecule has 7 heteroatoms. The predicted molar refractivity (Wildman–Crippen MR) is 114 cm³/mol. The minimum absolute atomic E-state index is 0.0293. The zero-order valence-electron chi connectivity index (χ0n) is 15.3. The number of ether oxygens (including phenoxy) is 1. The minimum atomic E-state index is -0.247. The van der Waals surface area contributed by atoms with Crippen LogP contribution in [-0.2, 0) is 15.3 Å². The molecule has 0 saturated carbocycles. The number of para-hydroxylation sites is 1. The lowest BCUT2D eigenvalue weighted by Crippen LogP contribution is -2.38. The summed E-state index contributed by atoms with van der Waals surface area (Å²) in [6.07, 6.45) is 2.07. The third-order valence-electron chi connectivity index (χ3n) is 4.63. The monoisotopic (exact) mass is 416 g/mol. The highest BCUT2D eigenvalue weighted by Gasteiger charge is 2.26. The lowest BCUT2D eigenvalue weighted by atomic mass is 10.2. The van der Waals surface area contributed by atoms with Gasteiger partial charge in [0, 0.05) is 12.4 Å². The number of nitrogens with zero attached hydrogens (tertiary/aromatic N) is 2. The Morgan fingerprint density at radius 3 is 2.82 bits per heavy atom. The maximum absolute atomic E-state index is 13.0. The van der Waals surface area contributed by atoms with Gasteiger partial charge in [0.05, 0.1) is 28.6 Å². The van der Waals surface area contributed by atoms with Gasteiger partial charge in [-0.3, -0.25) is 9.69 Å². The van der Waals surface area contributed by atoms with E-state index in [9.17, 15) is 9.18 Å². The Morgan fingerprint density at radius 2 is 2.07 bits per heavy atom. The summed E-state index contributed by atoms with van der Waals surface area (Å²) in [4.78, 5) is 19.5. The van der Waals surface area contributed by atoms with E-state index in [-0.39, 0.29) is 17.8 Å². The van der Waals surface area contributed by atoms with Crippen molar-refractivity contribution in [2.24, 2.45) is 0 Å². The molecule has 0 radical (unpaired) electrons. The van der Waals surface area contributed by atoms with Crippen LogP contribution in [0.25, 0.3) is 10.2 Å². The van der Waals surface area contributed by atoms with Crippen LogP contribution in [0.15, 0.2) is 48.5 Å². The average molecular weight is 417 g/mol. The molecule has 1 aromatic heterocycles. The zero-order valence-corrected chi connectivity index (χ0v) is 17.0. The fraction of sp³-hybridized carbons (Fsp3) is 0.333. The van der Waals surface area contributed by atoms with E-state index in [4.69, 9.17) is 4.74 Å². The second-order valence-electron chi connectivity index (χ2n) is 6.72. The van der Waals surface area contributed by atoms with Gasteiger partial charge < -0.3 is 4.74 Å². The number of thioether (sulfide) groups is 1. The normalized spacial score (nSPS) is 16.5. The highest BCUT2D eigenvalue weighted by molar-refractivity contribution is 7.99. The Kier molecular flexibility index (Phi) is 6.24. The molecule has 2 heterocycles. The maximum atomic E-state index is 13.0. The van der Waals surface area contributed by atoms with Crippen molar-refractivity contribution in [1.29, 1.82) is 0 Å². The molecule has 1 atom stereocenters. The average Bonchev–Trinajstić information content (AvgIpc) is 3.36. The first-order valence-electron chi connectivity index (χ1n) is 9.29. The molecule has 28 heavy (non-hydrogen) atoms. The largest absolute Gasteiger partial charge is 0.376 e. The van der Waals surface area contributed by atoms with Gasteiger partial charge in [-0.05, 0) is 42.7 Å². The van der Waals surface area contributed by atoms with Crippen molar-refractivity contribution in [3.63, 3.8) is 0 Å². The predicted octanol–water partition coefficient (Wildman–Crippen LogP) is 4.88. The summed E-state index contributed by atoms with van der Waals surface area (Å²) in [7, 11) is 0. The number of hydrogen-bond acceptors (Lipinski definition) is 5. The van der Waals surface area contributed by atoms with Crippen LogP contribution in [0.4, 0.5) is 9.52 Å². The van der Waals surface area contributed by atoms with Crippen molar-refractivity contribution in [3.05, 3.63) is 59.9 Å². The van der Waals surface area contributed by atoms with Crippen LogP contribution in [0, 0.1) is 5.82 Å². The summed E-state index contributed by atoms with van der Waals surface area (Å²) in [5.74, 6) is 0.796. The summed E-state index contributed by atoms with van der Waals surface area (Å²) in [5.41, 5.74) is 1.91. The Hall–Kier alpha value is -1.96. The molecule has 1 aliphatic heterocycles. The third kappa shape index (κ3) is 4.71. The van der Waals surface area contributed by atoms with Gasteiger partial charge in [-0.15, -0.1) is 11.8 Å². The molecule has 146 valence electrons. The van der Waals surface area contributed by atoms with E-state index in [1.54, 1.807) is 17.0 Å². The second-order valence-corrected chi connectivity index (χ2v) is 8.72. The van der Waals surface area contributed by atoms with Crippen LogP contribution < -0.4 is 4.90 Å². The number of amides is 1. The highest BCUT2D eigenvalue weighted by Crippen LogP contribution is 2.30. The Balaban J connectivity index is 1.45. The molecule has 1 aliphatic rings. The van der Waals surface area contributed by atoms with Crippen LogP contribution in [0.1, 0.15) is 18.4 Å². The first kappa shape index (κ1) is 19.4. The quantitative estimate of drug-likeness (QED) is 0.550. The molecule has 2 aromatic carbocycles. The fourth-order valence-electron chi connectivity index (χ4n) is 3.17. The van der Waals surface area contributed by atoms with E-state index < -0.39 is 0 Å². The number of aromatic nitrogens is 1. The Bertz CT molecular complexity index is 906. The molecule has 0 spiro atoms. The van der Waals surface area contributed by atoms with Crippen molar-refractivity contribution in [2.45, 2.75) is 24.7 Å². The van der Waals surface area contributed by atoms with Crippen LogP contribution >= 0.6 is 23.1 Å². The van der Waals surface area contributed by atoms with Gasteiger partial charge in [0.25, 0.3) is 0 Å². The van der Waals surface area contributed by atoms with E-state index in [1.165, 1.54) is 35.2 Å². The van der Waals surface area contributed by atoms with Crippen molar-refractivity contribution in [2.75, 3.05) is 23.8 Å². The molecular formula is C21H21FN2O2S2. The van der Waals surface area contributed by atoms with Gasteiger partial charge in [0.1, 0.15) is 5.82 Å². The number of halogens is 1. The number of thiazole rings is 1. The van der Waals surface area contributed by atoms with Gasteiger partial charge in [-0.2, -0.15) is 0 Å². The number of fused-ring (bicyclic) bond motifs is 1. The number of anilines is 1. The lowest BCUT2D eigenvalue weighted by molar-refractivity contribution is -0.116. The van der Waals surface area contributed by atoms with Crippen LogP contribution in [0.3, 0.4) is 0 Å². The topological polar surface area (TPSA) is 42.4 Å². The summed E-state index contributed by atoms with van der Waals surface area (Å²) in [6.45, 7) is 1.29. The first-order chi connectivity index (χ1) is 13.7. The summed E-state index contributed by atoms with van der Waals surface area (Å²) in [6, 6.07) is 14.3. The molecular weight excluding hydrogens is 395 g/mol. The molecule has 4 nitrogen and oxygen atoms in total. The van der Waals surface area contributed by atoms with Gasteiger partial charge in [0.15, 0.2) is 5.13 Å². The standard InChI is InChI=1S/C21H21FN2O2S2/c22-16-9-7-15(8-10-16)13-27-14-20(25)24(12-17-4-3-11-26-17)21-23-18-5-1-2-6-19(18)28-21/h1-2,5-10,17H,3-4,11-14H2/t17-/m0/s1. The van der Waals surface area contributed by atoms with Crippen molar-refractivity contribution >= 4 is 44.4 Å². The zero-order chi connectivity index (χ0) is 19.3. The van der Waals surface area contributed by atoms with E-state index in [2.05, 4.69) is 4.98 Å². The van der Waals surface area contributed by atoms with E-state index >= 15 is 0 Å².